The Hall–Kier alpha value is -1.56. The molecule has 15 heavy (non-hydrogen) atoms. The van der Waals surface area contributed by atoms with Gasteiger partial charge in [0, 0.05) is 17.7 Å². The van der Waals surface area contributed by atoms with Crippen molar-refractivity contribution >= 4 is 27.4 Å². The van der Waals surface area contributed by atoms with Gasteiger partial charge in [0.1, 0.15) is 11.5 Å². The molecule has 0 aliphatic carbocycles. The third-order valence-electron chi connectivity index (χ3n) is 1.92. The first-order valence-electron chi connectivity index (χ1n) is 4.28. The summed E-state index contributed by atoms with van der Waals surface area (Å²) in [5.41, 5.74) is 0.406. The van der Waals surface area contributed by atoms with Gasteiger partial charge >= 0.3 is 0 Å². The Labute approximate surface area is 94.3 Å². The highest BCUT2D eigenvalue weighted by molar-refractivity contribution is 9.10. The molecule has 0 saturated carbocycles. The van der Waals surface area contributed by atoms with Crippen molar-refractivity contribution in [1.82, 2.24) is 14.5 Å². The molecule has 6 heteroatoms. The van der Waals surface area contributed by atoms with Gasteiger partial charge in [-0.25, -0.2) is 4.98 Å². The summed E-state index contributed by atoms with van der Waals surface area (Å²) in [6.07, 6.45) is 4.87. The molecule has 2 aromatic rings. The van der Waals surface area contributed by atoms with E-state index in [0.29, 0.717) is 11.5 Å². The fourth-order valence-corrected chi connectivity index (χ4v) is 1.77. The van der Waals surface area contributed by atoms with E-state index in [9.17, 15) is 4.79 Å². The Morgan fingerprint density at radius 1 is 1.60 bits per heavy atom. The first-order valence-corrected chi connectivity index (χ1v) is 5.07. The number of imidazole rings is 1. The zero-order valence-electron chi connectivity index (χ0n) is 7.99. The van der Waals surface area contributed by atoms with Crippen LogP contribution in [0.3, 0.4) is 0 Å². The number of aromatic nitrogens is 3. The first kappa shape index (κ1) is 9.97. The van der Waals surface area contributed by atoms with Gasteiger partial charge in [-0.2, -0.15) is 0 Å². The zero-order valence-corrected chi connectivity index (χ0v) is 9.58. The van der Waals surface area contributed by atoms with Gasteiger partial charge in [-0.15, -0.1) is 0 Å². The lowest BCUT2D eigenvalue weighted by molar-refractivity contribution is 0.858. The van der Waals surface area contributed by atoms with Crippen LogP contribution in [0.1, 0.15) is 0 Å². The third-order valence-corrected chi connectivity index (χ3v) is 2.35. The molecule has 0 atom stereocenters. The molecule has 0 bridgehead atoms. The molecule has 2 N–H and O–H groups in total. The van der Waals surface area contributed by atoms with Crippen molar-refractivity contribution in [2.45, 2.75) is 0 Å². The van der Waals surface area contributed by atoms with Crippen molar-refractivity contribution < 1.29 is 0 Å². The van der Waals surface area contributed by atoms with Crippen LogP contribution in [0.15, 0.2) is 34.1 Å². The lowest BCUT2D eigenvalue weighted by Gasteiger charge is -2.05. The van der Waals surface area contributed by atoms with Crippen LogP contribution in [0.5, 0.6) is 0 Å². The molecule has 0 saturated heterocycles. The number of nitrogens with zero attached hydrogens (tertiary/aromatic N) is 2. The Kier molecular flexibility index (Phi) is 2.59. The van der Waals surface area contributed by atoms with E-state index in [1.807, 2.05) is 0 Å². The number of hydrogen-bond donors (Lipinski definition) is 2. The summed E-state index contributed by atoms with van der Waals surface area (Å²) in [4.78, 5) is 18.4. The molecule has 0 spiro atoms. The third kappa shape index (κ3) is 2.10. The normalized spacial score (nSPS) is 10.3. The standard InChI is InChI=1S/C9H9BrN4O/c1-14-4-6(10)2-7(9(14)15)13-8-3-11-5-12-8/h2-5,13H,1H3,(H,11,12). The number of pyridine rings is 1. The predicted molar refractivity (Wildman–Crippen MR) is 61.3 cm³/mol. The van der Waals surface area contributed by atoms with E-state index in [4.69, 9.17) is 0 Å². The van der Waals surface area contributed by atoms with Crippen molar-refractivity contribution in [3.8, 4) is 0 Å². The largest absolute Gasteiger partial charge is 0.336 e. The van der Waals surface area contributed by atoms with E-state index in [-0.39, 0.29) is 5.56 Å². The van der Waals surface area contributed by atoms with E-state index in [0.717, 1.165) is 4.47 Å². The second-order valence-electron chi connectivity index (χ2n) is 3.08. The number of rotatable bonds is 2. The van der Waals surface area contributed by atoms with Crippen molar-refractivity contribution in [3.05, 3.63) is 39.6 Å². The monoisotopic (exact) mass is 268 g/mol. The molecule has 0 radical (unpaired) electrons. The maximum absolute atomic E-state index is 11.7. The van der Waals surface area contributed by atoms with E-state index in [1.54, 1.807) is 31.8 Å². The van der Waals surface area contributed by atoms with Gasteiger partial charge in [-0.3, -0.25) is 4.79 Å². The summed E-state index contributed by atoms with van der Waals surface area (Å²) in [5.74, 6) is 0.685. The molecule has 5 nitrogen and oxygen atoms in total. The van der Waals surface area contributed by atoms with Crippen molar-refractivity contribution in [2.75, 3.05) is 5.32 Å². The van der Waals surface area contributed by atoms with Crippen LogP contribution in [0.2, 0.25) is 0 Å². The van der Waals surface area contributed by atoms with Gasteiger partial charge in [-0.05, 0) is 22.0 Å². The SMILES string of the molecule is Cn1cc(Br)cc(Nc2cnc[nH]2)c1=O. The molecule has 0 fully saturated rings. The molecule has 78 valence electrons. The highest BCUT2D eigenvalue weighted by Gasteiger charge is 2.03. The van der Waals surface area contributed by atoms with Crippen LogP contribution in [0.4, 0.5) is 11.5 Å². The van der Waals surface area contributed by atoms with Gasteiger partial charge in [0.2, 0.25) is 0 Å². The van der Waals surface area contributed by atoms with Crippen molar-refractivity contribution in [1.29, 1.82) is 0 Å². The van der Waals surface area contributed by atoms with Crippen LogP contribution in [-0.4, -0.2) is 14.5 Å². The molecular weight excluding hydrogens is 260 g/mol. The first-order chi connectivity index (χ1) is 7.16. The smallest absolute Gasteiger partial charge is 0.274 e. The summed E-state index contributed by atoms with van der Waals surface area (Å²) < 4.78 is 2.34. The Balaban J connectivity index is 2.41. The number of aromatic amines is 1. The molecule has 0 aromatic carbocycles. The van der Waals surface area contributed by atoms with Crippen LogP contribution in [-0.2, 0) is 7.05 Å². The molecule has 0 aliphatic rings. The van der Waals surface area contributed by atoms with Crippen molar-refractivity contribution in [3.63, 3.8) is 0 Å². The summed E-state index contributed by atoms with van der Waals surface area (Å²) in [6, 6.07) is 1.73. The van der Waals surface area contributed by atoms with Crippen molar-refractivity contribution in [2.24, 2.45) is 7.05 Å². The number of anilines is 2. The van der Waals surface area contributed by atoms with Gasteiger partial charge in [-0.1, -0.05) is 0 Å². The topological polar surface area (TPSA) is 62.7 Å². The number of halogens is 1. The van der Waals surface area contributed by atoms with E-state index in [2.05, 4.69) is 31.2 Å². The summed E-state index contributed by atoms with van der Waals surface area (Å²) in [7, 11) is 1.70. The predicted octanol–water partition coefficient (Wildman–Crippen LogP) is 1.61. The molecule has 0 aliphatic heterocycles. The number of nitrogens with one attached hydrogen (secondary N) is 2. The Morgan fingerprint density at radius 2 is 2.40 bits per heavy atom. The van der Waals surface area contributed by atoms with Crippen LogP contribution in [0, 0.1) is 0 Å². The lowest BCUT2D eigenvalue weighted by atomic mass is 10.4. The van der Waals surface area contributed by atoms with Gasteiger partial charge < -0.3 is 14.9 Å². The highest BCUT2D eigenvalue weighted by atomic mass is 79.9. The molecule has 2 heterocycles. The van der Waals surface area contributed by atoms with Crippen LogP contribution in [0.25, 0.3) is 0 Å². The fourth-order valence-electron chi connectivity index (χ4n) is 1.23. The van der Waals surface area contributed by atoms with E-state index in [1.165, 1.54) is 4.57 Å². The maximum Gasteiger partial charge on any atom is 0.274 e. The fraction of sp³-hybridized carbons (Fsp3) is 0.111. The minimum atomic E-state index is -0.0900. The number of H-pyrrole nitrogens is 1. The molecule has 0 unspecified atom stereocenters. The van der Waals surface area contributed by atoms with E-state index >= 15 is 0 Å². The number of hydrogen-bond acceptors (Lipinski definition) is 3. The second-order valence-corrected chi connectivity index (χ2v) is 3.99. The average Bonchev–Trinajstić information content (AvgIpc) is 2.66. The van der Waals surface area contributed by atoms with Gasteiger partial charge in [0.25, 0.3) is 5.56 Å². The second kappa shape index (κ2) is 3.90. The quantitative estimate of drug-likeness (QED) is 0.870. The molecule has 2 rings (SSSR count). The Bertz CT molecular complexity index is 517. The molecule has 0 amide bonds. The number of aryl methyl sites for hydroxylation is 1. The van der Waals surface area contributed by atoms with Gasteiger partial charge in [0.05, 0.1) is 12.5 Å². The minimum Gasteiger partial charge on any atom is -0.336 e. The van der Waals surface area contributed by atoms with Gasteiger partial charge in [0.15, 0.2) is 0 Å². The van der Waals surface area contributed by atoms with E-state index < -0.39 is 0 Å². The molecule has 2 aromatic heterocycles. The van der Waals surface area contributed by atoms with Crippen LogP contribution < -0.4 is 10.9 Å². The highest BCUT2D eigenvalue weighted by Crippen LogP contribution is 2.14. The lowest BCUT2D eigenvalue weighted by Crippen LogP contribution is -2.19. The molecular formula is C9H9BrN4O. The Morgan fingerprint density at radius 3 is 3.07 bits per heavy atom. The average molecular weight is 269 g/mol. The zero-order chi connectivity index (χ0) is 10.8. The summed E-state index contributed by atoms with van der Waals surface area (Å²) in [6.45, 7) is 0. The minimum absolute atomic E-state index is 0.0900. The summed E-state index contributed by atoms with van der Waals surface area (Å²) >= 11 is 3.33. The van der Waals surface area contributed by atoms with Crippen LogP contribution >= 0.6 is 15.9 Å². The summed E-state index contributed by atoms with van der Waals surface area (Å²) in [5, 5.41) is 2.95. The maximum atomic E-state index is 11.7.